The summed E-state index contributed by atoms with van der Waals surface area (Å²) in [5, 5.41) is 14.1. The molecule has 1 aromatic heterocycles. The van der Waals surface area contributed by atoms with Crippen molar-refractivity contribution >= 4 is 11.3 Å². The lowest BCUT2D eigenvalue weighted by Gasteiger charge is -2.19. The molecular formula is C15H21N3S. The van der Waals surface area contributed by atoms with Crippen molar-refractivity contribution in [1.29, 1.82) is 0 Å². The summed E-state index contributed by atoms with van der Waals surface area (Å²) in [4.78, 5) is 0. The topological polar surface area (TPSA) is 37.8 Å². The van der Waals surface area contributed by atoms with Gasteiger partial charge in [-0.25, -0.2) is 0 Å². The Bertz CT molecular complexity index is 523. The molecular weight excluding hydrogens is 254 g/mol. The molecule has 1 N–H and O–H groups in total. The standard InChI is InChI=1S/C15H21N3S/c1-11-5-7-12(8-6-11)14-18-17-13(19-14)9-10-16-15(2,3)4/h5-8,16H,9-10H2,1-4H3. The highest BCUT2D eigenvalue weighted by Crippen LogP contribution is 2.23. The van der Waals surface area contributed by atoms with E-state index in [4.69, 9.17) is 0 Å². The largest absolute Gasteiger partial charge is 0.312 e. The molecule has 3 nitrogen and oxygen atoms in total. The monoisotopic (exact) mass is 275 g/mol. The van der Waals surface area contributed by atoms with Crippen LogP contribution in [0.15, 0.2) is 24.3 Å². The van der Waals surface area contributed by atoms with Crippen LogP contribution < -0.4 is 5.32 Å². The molecule has 0 aliphatic rings. The third kappa shape index (κ3) is 4.40. The first kappa shape index (κ1) is 14.2. The Hall–Kier alpha value is -1.26. The Morgan fingerprint density at radius 2 is 1.79 bits per heavy atom. The number of hydrogen-bond acceptors (Lipinski definition) is 4. The number of aryl methyl sites for hydroxylation is 1. The second-order valence-electron chi connectivity index (χ2n) is 5.79. The molecule has 2 aromatic rings. The molecule has 1 aromatic carbocycles. The fourth-order valence-electron chi connectivity index (χ4n) is 1.71. The molecule has 19 heavy (non-hydrogen) atoms. The number of nitrogens with one attached hydrogen (secondary N) is 1. The van der Waals surface area contributed by atoms with E-state index in [1.165, 1.54) is 5.56 Å². The maximum Gasteiger partial charge on any atom is 0.147 e. The summed E-state index contributed by atoms with van der Waals surface area (Å²) in [6.07, 6.45) is 0.931. The summed E-state index contributed by atoms with van der Waals surface area (Å²) in [6.45, 7) is 9.54. The smallest absolute Gasteiger partial charge is 0.147 e. The molecule has 0 unspecified atom stereocenters. The van der Waals surface area contributed by atoms with Crippen molar-refractivity contribution in [2.45, 2.75) is 39.7 Å². The van der Waals surface area contributed by atoms with Gasteiger partial charge in [-0.1, -0.05) is 41.2 Å². The zero-order valence-corrected chi connectivity index (χ0v) is 12.8. The first-order chi connectivity index (χ1) is 8.94. The minimum Gasteiger partial charge on any atom is -0.312 e. The maximum atomic E-state index is 4.27. The fourth-order valence-corrected chi connectivity index (χ4v) is 2.56. The van der Waals surface area contributed by atoms with Crippen LogP contribution in [-0.2, 0) is 6.42 Å². The van der Waals surface area contributed by atoms with Crippen LogP contribution in [0.4, 0.5) is 0 Å². The van der Waals surface area contributed by atoms with Crippen LogP contribution in [0.3, 0.4) is 0 Å². The molecule has 0 aliphatic carbocycles. The zero-order chi connectivity index (χ0) is 13.9. The molecule has 0 saturated carbocycles. The van der Waals surface area contributed by atoms with E-state index >= 15 is 0 Å². The van der Waals surface area contributed by atoms with Crippen molar-refractivity contribution in [3.05, 3.63) is 34.8 Å². The normalized spacial score (nSPS) is 11.8. The highest BCUT2D eigenvalue weighted by Gasteiger charge is 2.10. The van der Waals surface area contributed by atoms with Gasteiger partial charge in [-0.3, -0.25) is 0 Å². The van der Waals surface area contributed by atoms with Crippen molar-refractivity contribution in [2.75, 3.05) is 6.54 Å². The number of nitrogens with zero attached hydrogens (tertiary/aromatic N) is 2. The van der Waals surface area contributed by atoms with Crippen molar-refractivity contribution in [1.82, 2.24) is 15.5 Å². The van der Waals surface area contributed by atoms with Crippen LogP contribution in [0.5, 0.6) is 0 Å². The second kappa shape index (κ2) is 5.80. The summed E-state index contributed by atoms with van der Waals surface area (Å²) < 4.78 is 0. The molecule has 102 valence electrons. The SMILES string of the molecule is Cc1ccc(-c2nnc(CCNC(C)(C)C)s2)cc1. The quantitative estimate of drug-likeness (QED) is 0.928. The molecule has 2 rings (SSSR count). The lowest BCUT2D eigenvalue weighted by Crippen LogP contribution is -2.37. The van der Waals surface area contributed by atoms with Gasteiger partial charge in [0.15, 0.2) is 0 Å². The van der Waals surface area contributed by atoms with Gasteiger partial charge in [0.25, 0.3) is 0 Å². The van der Waals surface area contributed by atoms with Crippen LogP contribution in [0.25, 0.3) is 10.6 Å². The molecule has 0 saturated heterocycles. The predicted octanol–water partition coefficient (Wildman–Crippen LogP) is 3.44. The number of benzene rings is 1. The molecule has 0 atom stereocenters. The van der Waals surface area contributed by atoms with Crippen molar-refractivity contribution in [2.24, 2.45) is 0 Å². The van der Waals surface area contributed by atoms with Crippen LogP contribution in [-0.4, -0.2) is 22.3 Å². The van der Waals surface area contributed by atoms with Gasteiger partial charge in [-0.2, -0.15) is 0 Å². The Kier molecular flexibility index (Phi) is 4.32. The zero-order valence-electron chi connectivity index (χ0n) is 12.0. The van der Waals surface area contributed by atoms with E-state index in [1.807, 2.05) is 0 Å². The first-order valence-electron chi connectivity index (χ1n) is 6.58. The van der Waals surface area contributed by atoms with Crippen molar-refractivity contribution in [3.8, 4) is 10.6 Å². The van der Waals surface area contributed by atoms with Crippen LogP contribution >= 0.6 is 11.3 Å². The average molecular weight is 275 g/mol. The summed E-state index contributed by atoms with van der Waals surface area (Å²) in [5.74, 6) is 0. The van der Waals surface area contributed by atoms with Gasteiger partial charge < -0.3 is 5.32 Å². The maximum absolute atomic E-state index is 4.27. The fraction of sp³-hybridized carbons (Fsp3) is 0.467. The van der Waals surface area contributed by atoms with E-state index in [9.17, 15) is 0 Å². The molecule has 0 spiro atoms. The Balaban J connectivity index is 1.97. The van der Waals surface area contributed by atoms with Crippen LogP contribution in [0.1, 0.15) is 31.3 Å². The van der Waals surface area contributed by atoms with Gasteiger partial charge in [0.1, 0.15) is 10.0 Å². The summed E-state index contributed by atoms with van der Waals surface area (Å²) in [7, 11) is 0. The van der Waals surface area contributed by atoms with E-state index in [0.717, 1.165) is 28.5 Å². The minimum atomic E-state index is 0.157. The molecule has 0 aliphatic heterocycles. The summed E-state index contributed by atoms with van der Waals surface area (Å²) >= 11 is 1.68. The lowest BCUT2D eigenvalue weighted by molar-refractivity contribution is 0.429. The van der Waals surface area contributed by atoms with E-state index in [1.54, 1.807) is 11.3 Å². The number of hydrogen-bond donors (Lipinski definition) is 1. The van der Waals surface area contributed by atoms with Gasteiger partial charge in [0.2, 0.25) is 0 Å². The third-order valence-electron chi connectivity index (χ3n) is 2.76. The predicted molar refractivity (Wildman–Crippen MR) is 81.5 cm³/mol. The van der Waals surface area contributed by atoms with Gasteiger partial charge in [-0.15, -0.1) is 10.2 Å². The molecule has 1 heterocycles. The van der Waals surface area contributed by atoms with Gasteiger partial charge >= 0.3 is 0 Å². The Morgan fingerprint density at radius 3 is 2.42 bits per heavy atom. The average Bonchev–Trinajstić information content (AvgIpc) is 2.77. The first-order valence-corrected chi connectivity index (χ1v) is 7.40. The van der Waals surface area contributed by atoms with Gasteiger partial charge in [0, 0.05) is 24.1 Å². The second-order valence-corrected chi connectivity index (χ2v) is 6.86. The summed E-state index contributed by atoms with van der Waals surface area (Å²) in [5.41, 5.74) is 2.57. The molecule has 4 heteroatoms. The van der Waals surface area contributed by atoms with Gasteiger partial charge in [0.05, 0.1) is 0 Å². The molecule has 0 fully saturated rings. The van der Waals surface area contributed by atoms with E-state index in [0.29, 0.717) is 0 Å². The highest BCUT2D eigenvalue weighted by molar-refractivity contribution is 7.14. The van der Waals surface area contributed by atoms with Crippen LogP contribution in [0.2, 0.25) is 0 Å². The van der Waals surface area contributed by atoms with E-state index in [-0.39, 0.29) is 5.54 Å². The van der Waals surface area contributed by atoms with Crippen molar-refractivity contribution in [3.63, 3.8) is 0 Å². The Morgan fingerprint density at radius 1 is 1.11 bits per heavy atom. The molecule has 0 radical (unpaired) electrons. The number of rotatable bonds is 4. The third-order valence-corrected chi connectivity index (χ3v) is 3.79. The van der Waals surface area contributed by atoms with Crippen molar-refractivity contribution < 1.29 is 0 Å². The van der Waals surface area contributed by atoms with E-state index < -0.39 is 0 Å². The minimum absolute atomic E-state index is 0.157. The molecule has 0 amide bonds. The van der Waals surface area contributed by atoms with E-state index in [2.05, 4.69) is 67.5 Å². The number of aromatic nitrogens is 2. The summed E-state index contributed by atoms with van der Waals surface area (Å²) in [6, 6.07) is 8.43. The Labute approximate surface area is 119 Å². The highest BCUT2D eigenvalue weighted by atomic mass is 32.1. The lowest BCUT2D eigenvalue weighted by atomic mass is 10.1. The molecule has 0 bridgehead atoms. The van der Waals surface area contributed by atoms with Crippen LogP contribution in [0, 0.1) is 6.92 Å². The van der Waals surface area contributed by atoms with Gasteiger partial charge in [-0.05, 0) is 27.7 Å².